The predicted molar refractivity (Wildman–Crippen MR) is 95.3 cm³/mol. The van der Waals surface area contributed by atoms with Gasteiger partial charge in [0.1, 0.15) is 0 Å². The van der Waals surface area contributed by atoms with Gasteiger partial charge in [0.2, 0.25) is 11.8 Å². The highest BCUT2D eigenvalue weighted by molar-refractivity contribution is 7.10. The third kappa shape index (κ3) is 5.07. The maximum Gasteiger partial charge on any atom is 0.246 e. The van der Waals surface area contributed by atoms with Crippen LogP contribution in [-0.2, 0) is 16.1 Å². The van der Waals surface area contributed by atoms with Gasteiger partial charge in [-0.25, -0.2) is 0 Å². The molecule has 0 aliphatic heterocycles. The van der Waals surface area contributed by atoms with E-state index in [0.717, 1.165) is 11.3 Å². The van der Waals surface area contributed by atoms with E-state index in [1.54, 1.807) is 35.4 Å². The predicted octanol–water partition coefficient (Wildman–Crippen LogP) is 3.69. The fourth-order valence-corrected chi connectivity index (χ4v) is 2.99. The third-order valence-corrected chi connectivity index (χ3v) is 4.38. The van der Waals surface area contributed by atoms with Crippen molar-refractivity contribution < 1.29 is 9.59 Å². The van der Waals surface area contributed by atoms with Gasteiger partial charge in [-0.05, 0) is 47.7 Å². The topological polar surface area (TPSA) is 49.4 Å². The zero-order valence-corrected chi connectivity index (χ0v) is 14.3. The summed E-state index contributed by atoms with van der Waals surface area (Å²) < 4.78 is 0. The Hall–Kier alpha value is -2.40. The van der Waals surface area contributed by atoms with Crippen molar-refractivity contribution in [3.8, 4) is 0 Å². The van der Waals surface area contributed by atoms with Gasteiger partial charge in [0, 0.05) is 30.6 Å². The van der Waals surface area contributed by atoms with Crippen molar-refractivity contribution in [2.24, 2.45) is 0 Å². The summed E-state index contributed by atoms with van der Waals surface area (Å²) in [7, 11) is 1.80. The second-order valence-corrected chi connectivity index (χ2v) is 6.36. The molecule has 0 spiro atoms. The highest BCUT2D eigenvalue weighted by Crippen LogP contribution is 2.17. The third-order valence-electron chi connectivity index (χ3n) is 3.37. The lowest BCUT2D eigenvalue weighted by molar-refractivity contribution is -0.125. The molecule has 2 amide bonds. The number of likely N-dealkylation sites (N-methyl/N-ethyl adjacent to an activating group) is 1. The summed E-state index contributed by atoms with van der Waals surface area (Å²) in [5, 5.41) is 4.75. The van der Waals surface area contributed by atoms with Crippen molar-refractivity contribution in [2.45, 2.75) is 20.4 Å². The Morgan fingerprint density at radius 1 is 1.22 bits per heavy atom. The number of thiophene rings is 1. The van der Waals surface area contributed by atoms with Crippen LogP contribution >= 0.6 is 11.3 Å². The van der Waals surface area contributed by atoms with E-state index < -0.39 is 0 Å². The first-order valence-corrected chi connectivity index (χ1v) is 8.17. The van der Waals surface area contributed by atoms with E-state index in [4.69, 9.17) is 0 Å². The molecule has 0 fully saturated rings. The van der Waals surface area contributed by atoms with E-state index in [0.29, 0.717) is 6.54 Å². The molecule has 4 nitrogen and oxygen atoms in total. The Morgan fingerprint density at radius 2 is 1.91 bits per heavy atom. The minimum atomic E-state index is -0.103. The van der Waals surface area contributed by atoms with Gasteiger partial charge in [0.15, 0.2) is 0 Å². The molecule has 0 bridgehead atoms. The van der Waals surface area contributed by atoms with Crippen molar-refractivity contribution in [1.82, 2.24) is 4.90 Å². The molecule has 23 heavy (non-hydrogen) atoms. The molecule has 0 unspecified atom stereocenters. The van der Waals surface area contributed by atoms with Gasteiger partial charge in [0.05, 0.1) is 6.54 Å². The first kappa shape index (κ1) is 17.0. The minimum absolute atomic E-state index is 0.0382. The van der Waals surface area contributed by atoms with E-state index in [1.165, 1.54) is 17.4 Å². The van der Waals surface area contributed by atoms with Crippen molar-refractivity contribution in [3.63, 3.8) is 0 Å². The Bertz CT molecular complexity index is 717. The van der Waals surface area contributed by atoms with E-state index in [1.807, 2.05) is 29.6 Å². The number of rotatable bonds is 5. The highest BCUT2D eigenvalue weighted by atomic mass is 32.1. The van der Waals surface area contributed by atoms with E-state index >= 15 is 0 Å². The lowest BCUT2D eigenvalue weighted by Crippen LogP contribution is -2.23. The van der Waals surface area contributed by atoms with Crippen molar-refractivity contribution in [3.05, 3.63) is 57.8 Å². The summed E-state index contributed by atoms with van der Waals surface area (Å²) >= 11 is 1.66. The number of benzene rings is 1. The summed E-state index contributed by atoms with van der Waals surface area (Å²) in [6.07, 6.45) is 3.34. The summed E-state index contributed by atoms with van der Waals surface area (Å²) in [5.74, 6) is -0.141. The average molecular weight is 328 g/mol. The number of hydrogen-bond donors (Lipinski definition) is 1. The molecule has 1 N–H and O–H groups in total. The molecule has 0 saturated carbocycles. The molecule has 1 aromatic carbocycles. The van der Waals surface area contributed by atoms with Gasteiger partial charge in [-0.1, -0.05) is 12.1 Å². The Labute approximate surface area is 140 Å². The molecular weight excluding hydrogens is 308 g/mol. The number of amides is 2. The van der Waals surface area contributed by atoms with Crippen LogP contribution in [0.4, 0.5) is 5.69 Å². The van der Waals surface area contributed by atoms with E-state index in [2.05, 4.69) is 18.3 Å². The lowest BCUT2D eigenvalue weighted by atomic mass is 10.2. The maximum atomic E-state index is 12.2. The number of nitrogens with zero attached hydrogens (tertiary/aromatic N) is 1. The van der Waals surface area contributed by atoms with Crippen molar-refractivity contribution >= 4 is 34.9 Å². The molecular formula is C18H20N2O2S. The molecule has 0 aliphatic rings. The van der Waals surface area contributed by atoms with Gasteiger partial charge in [-0.15, -0.1) is 11.3 Å². The molecule has 0 atom stereocenters. The van der Waals surface area contributed by atoms with Crippen molar-refractivity contribution in [2.75, 3.05) is 12.4 Å². The Morgan fingerprint density at radius 3 is 2.48 bits per heavy atom. The summed E-state index contributed by atoms with van der Waals surface area (Å²) in [6.45, 7) is 4.14. The SMILES string of the molecule is CC(=O)Nc1ccc(/C=C/C(=O)N(C)Cc2sccc2C)cc1. The van der Waals surface area contributed by atoms with Crippen LogP contribution in [0.1, 0.15) is 22.9 Å². The quantitative estimate of drug-likeness (QED) is 0.851. The van der Waals surface area contributed by atoms with Crippen LogP contribution in [0.25, 0.3) is 6.08 Å². The van der Waals surface area contributed by atoms with Crippen LogP contribution in [-0.4, -0.2) is 23.8 Å². The number of carbonyl (C=O) groups excluding carboxylic acids is 2. The largest absolute Gasteiger partial charge is 0.337 e. The van der Waals surface area contributed by atoms with Gasteiger partial charge < -0.3 is 10.2 Å². The van der Waals surface area contributed by atoms with Gasteiger partial charge in [-0.2, -0.15) is 0 Å². The highest BCUT2D eigenvalue weighted by Gasteiger charge is 2.08. The van der Waals surface area contributed by atoms with Crippen LogP contribution in [0.15, 0.2) is 41.8 Å². The van der Waals surface area contributed by atoms with Crippen LogP contribution in [0.2, 0.25) is 0 Å². The first-order chi connectivity index (χ1) is 11.0. The molecule has 0 aliphatic carbocycles. The minimum Gasteiger partial charge on any atom is -0.337 e. The smallest absolute Gasteiger partial charge is 0.246 e. The molecule has 5 heteroatoms. The maximum absolute atomic E-state index is 12.2. The van der Waals surface area contributed by atoms with Crippen LogP contribution in [0.3, 0.4) is 0 Å². The van der Waals surface area contributed by atoms with Crippen LogP contribution in [0.5, 0.6) is 0 Å². The summed E-state index contributed by atoms with van der Waals surface area (Å²) in [6, 6.07) is 9.40. The number of hydrogen-bond acceptors (Lipinski definition) is 3. The summed E-state index contributed by atoms with van der Waals surface area (Å²) in [4.78, 5) is 26.0. The molecule has 120 valence electrons. The summed E-state index contributed by atoms with van der Waals surface area (Å²) in [5.41, 5.74) is 2.87. The van der Waals surface area contributed by atoms with Crippen molar-refractivity contribution in [1.29, 1.82) is 0 Å². The van der Waals surface area contributed by atoms with Gasteiger partial charge in [0.25, 0.3) is 0 Å². The standard InChI is InChI=1S/C18H20N2O2S/c1-13-10-11-23-17(13)12-20(3)18(22)9-6-15-4-7-16(8-5-15)19-14(2)21/h4-11H,12H2,1-3H3,(H,19,21)/b9-6+. The van der Waals surface area contributed by atoms with Crippen LogP contribution < -0.4 is 5.32 Å². The average Bonchev–Trinajstić information content (AvgIpc) is 2.91. The van der Waals surface area contributed by atoms with E-state index in [9.17, 15) is 9.59 Å². The Balaban J connectivity index is 1.94. The molecule has 2 aromatic rings. The van der Waals surface area contributed by atoms with Gasteiger partial charge >= 0.3 is 0 Å². The number of nitrogens with one attached hydrogen (secondary N) is 1. The molecule has 0 radical (unpaired) electrons. The fraction of sp³-hybridized carbons (Fsp3) is 0.222. The van der Waals surface area contributed by atoms with Crippen LogP contribution in [0, 0.1) is 6.92 Å². The number of carbonyl (C=O) groups is 2. The van der Waals surface area contributed by atoms with E-state index in [-0.39, 0.29) is 11.8 Å². The molecule has 1 heterocycles. The molecule has 1 aromatic heterocycles. The van der Waals surface area contributed by atoms with Gasteiger partial charge in [-0.3, -0.25) is 9.59 Å². The molecule has 2 rings (SSSR count). The second kappa shape index (κ2) is 7.74. The molecule has 0 saturated heterocycles. The monoisotopic (exact) mass is 328 g/mol. The zero-order chi connectivity index (χ0) is 16.8. The normalized spacial score (nSPS) is 10.7. The Kier molecular flexibility index (Phi) is 5.71. The zero-order valence-electron chi connectivity index (χ0n) is 13.5. The second-order valence-electron chi connectivity index (χ2n) is 5.36. The fourth-order valence-electron chi connectivity index (χ4n) is 2.03. The number of anilines is 1. The lowest BCUT2D eigenvalue weighted by Gasteiger charge is -2.14. The first-order valence-electron chi connectivity index (χ1n) is 7.29. The number of aryl methyl sites for hydroxylation is 1.